The van der Waals surface area contributed by atoms with Gasteiger partial charge in [0, 0.05) is 19.1 Å². The number of fused-ring (bicyclic) bond motifs is 1. The van der Waals surface area contributed by atoms with Gasteiger partial charge >= 0.3 is 6.09 Å². The van der Waals surface area contributed by atoms with E-state index in [-0.39, 0.29) is 17.7 Å². The Morgan fingerprint density at radius 2 is 1.92 bits per heavy atom. The third kappa shape index (κ3) is 3.53. The molecule has 0 atom stereocenters. The highest BCUT2D eigenvalue weighted by molar-refractivity contribution is 7.71. The first kappa shape index (κ1) is 17.8. The fourth-order valence-electron chi connectivity index (χ4n) is 3.13. The number of likely N-dealkylation sites (tertiary alicyclic amines) is 1. The first-order valence-corrected chi connectivity index (χ1v) is 8.64. The number of H-pyrrole nitrogens is 1. The number of piperidine rings is 1. The zero-order chi connectivity index (χ0) is 18.4. The van der Waals surface area contributed by atoms with Crippen LogP contribution in [0, 0.1) is 16.4 Å². The molecule has 3 rings (SSSR count). The summed E-state index contributed by atoms with van der Waals surface area (Å²) in [4.78, 5) is 16.7. The number of rotatable bonds is 1. The van der Waals surface area contributed by atoms with Crippen LogP contribution in [0.5, 0.6) is 0 Å². The zero-order valence-electron chi connectivity index (χ0n) is 14.4. The first-order valence-electron chi connectivity index (χ1n) is 8.23. The van der Waals surface area contributed by atoms with Crippen LogP contribution >= 0.6 is 12.2 Å². The standard InChI is InChI=1S/C17H21F2N3O2S/c1-17(2,3)24-16(23)21-8-6-10(7-9-21)22-14-12(20-15(22)25)5-4-11(18)13(14)19/h4-5,10H,6-9H2,1-3H3,(H,20,25). The first-order chi connectivity index (χ1) is 11.7. The molecule has 1 aliphatic heterocycles. The number of hydrogen-bond donors (Lipinski definition) is 1. The normalized spacial score (nSPS) is 16.4. The Morgan fingerprint density at radius 1 is 1.28 bits per heavy atom. The molecule has 0 radical (unpaired) electrons. The monoisotopic (exact) mass is 369 g/mol. The lowest BCUT2D eigenvalue weighted by atomic mass is 10.0. The topological polar surface area (TPSA) is 50.3 Å². The molecule has 1 fully saturated rings. The number of imidazole rings is 1. The molecule has 8 heteroatoms. The molecule has 1 aromatic carbocycles. The van der Waals surface area contributed by atoms with E-state index >= 15 is 0 Å². The summed E-state index contributed by atoms with van der Waals surface area (Å²) in [7, 11) is 0. The van der Waals surface area contributed by atoms with E-state index in [0.29, 0.717) is 36.2 Å². The summed E-state index contributed by atoms with van der Waals surface area (Å²) in [5.41, 5.74) is 0.0766. The maximum absolute atomic E-state index is 14.3. The molecule has 2 heterocycles. The van der Waals surface area contributed by atoms with E-state index < -0.39 is 17.2 Å². The van der Waals surface area contributed by atoms with Gasteiger partial charge in [-0.05, 0) is 58.0 Å². The van der Waals surface area contributed by atoms with Gasteiger partial charge in [-0.25, -0.2) is 13.6 Å². The van der Waals surface area contributed by atoms with Crippen molar-refractivity contribution < 1.29 is 18.3 Å². The second-order valence-electron chi connectivity index (χ2n) is 7.26. The predicted molar refractivity (Wildman–Crippen MR) is 93.1 cm³/mol. The maximum Gasteiger partial charge on any atom is 0.410 e. The molecule has 1 aromatic heterocycles. The maximum atomic E-state index is 14.3. The number of halogens is 2. The number of amides is 1. The van der Waals surface area contributed by atoms with Crippen LogP contribution < -0.4 is 0 Å². The molecular weight excluding hydrogens is 348 g/mol. The summed E-state index contributed by atoms with van der Waals surface area (Å²) in [6, 6.07) is 2.46. The minimum atomic E-state index is -0.903. The molecule has 1 saturated heterocycles. The van der Waals surface area contributed by atoms with Crippen LogP contribution in [0.15, 0.2) is 12.1 Å². The predicted octanol–water partition coefficient (Wildman–Crippen LogP) is 4.55. The Hall–Kier alpha value is -1.96. The summed E-state index contributed by atoms with van der Waals surface area (Å²) >= 11 is 5.30. The quantitative estimate of drug-likeness (QED) is 0.751. The molecule has 0 aliphatic carbocycles. The minimum absolute atomic E-state index is 0.101. The van der Waals surface area contributed by atoms with Crippen molar-refractivity contribution in [3.05, 3.63) is 28.5 Å². The van der Waals surface area contributed by atoms with Gasteiger partial charge in [0.25, 0.3) is 0 Å². The molecule has 0 saturated carbocycles. The van der Waals surface area contributed by atoms with Crippen LogP contribution in [0.25, 0.3) is 11.0 Å². The molecular formula is C17H21F2N3O2S. The second-order valence-corrected chi connectivity index (χ2v) is 7.64. The van der Waals surface area contributed by atoms with Crippen LogP contribution in [0.1, 0.15) is 39.7 Å². The Balaban J connectivity index is 1.81. The lowest BCUT2D eigenvalue weighted by Crippen LogP contribution is -2.42. The SMILES string of the molecule is CC(C)(C)OC(=O)N1CCC(n2c(=S)[nH]c3ccc(F)c(F)c32)CC1. The van der Waals surface area contributed by atoms with Crippen molar-refractivity contribution in [3.8, 4) is 0 Å². The van der Waals surface area contributed by atoms with E-state index in [1.165, 1.54) is 6.07 Å². The van der Waals surface area contributed by atoms with Gasteiger partial charge in [0.1, 0.15) is 11.1 Å². The number of carbonyl (C=O) groups excluding carboxylic acids is 1. The van der Waals surface area contributed by atoms with Crippen molar-refractivity contribution in [1.82, 2.24) is 14.5 Å². The molecule has 25 heavy (non-hydrogen) atoms. The number of carbonyl (C=O) groups is 1. The average Bonchev–Trinajstić information content (AvgIpc) is 2.86. The van der Waals surface area contributed by atoms with Crippen molar-refractivity contribution in [2.75, 3.05) is 13.1 Å². The lowest BCUT2D eigenvalue weighted by molar-refractivity contribution is 0.0189. The highest BCUT2D eigenvalue weighted by Gasteiger charge is 2.29. The smallest absolute Gasteiger partial charge is 0.410 e. The number of nitrogens with zero attached hydrogens (tertiary/aromatic N) is 2. The zero-order valence-corrected chi connectivity index (χ0v) is 15.3. The molecule has 0 bridgehead atoms. The molecule has 1 amide bonds. The van der Waals surface area contributed by atoms with Crippen LogP contribution in [0.2, 0.25) is 0 Å². The van der Waals surface area contributed by atoms with Gasteiger partial charge in [0.2, 0.25) is 0 Å². The summed E-state index contributed by atoms with van der Waals surface area (Å²) in [5.74, 6) is -1.80. The van der Waals surface area contributed by atoms with Gasteiger partial charge in [-0.15, -0.1) is 0 Å². The van der Waals surface area contributed by atoms with E-state index in [4.69, 9.17) is 17.0 Å². The molecule has 2 aromatic rings. The van der Waals surface area contributed by atoms with Crippen molar-refractivity contribution in [2.24, 2.45) is 0 Å². The number of hydrogen-bond acceptors (Lipinski definition) is 3. The summed E-state index contributed by atoms with van der Waals surface area (Å²) in [6.45, 7) is 6.41. The van der Waals surface area contributed by atoms with E-state index in [9.17, 15) is 13.6 Å². The van der Waals surface area contributed by atoms with Crippen LogP contribution in [0.4, 0.5) is 13.6 Å². The van der Waals surface area contributed by atoms with Gasteiger partial charge in [-0.2, -0.15) is 0 Å². The van der Waals surface area contributed by atoms with E-state index in [0.717, 1.165) is 6.07 Å². The van der Waals surface area contributed by atoms with Gasteiger partial charge in [0.05, 0.1) is 5.52 Å². The van der Waals surface area contributed by atoms with Crippen molar-refractivity contribution in [2.45, 2.75) is 45.3 Å². The third-order valence-electron chi connectivity index (χ3n) is 4.25. The van der Waals surface area contributed by atoms with Crippen LogP contribution in [-0.2, 0) is 4.74 Å². The van der Waals surface area contributed by atoms with Gasteiger partial charge in [0.15, 0.2) is 16.4 Å². The second kappa shape index (κ2) is 6.40. The van der Waals surface area contributed by atoms with Crippen molar-refractivity contribution in [3.63, 3.8) is 0 Å². The fourth-order valence-corrected chi connectivity index (χ4v) is 3.49. The van der Waals surface area contributed by atoms with Crippen LogP contribution in [-0.4, -0.2) is 39.2 Å². The lowest BCUT2D eigenvalue weighted by Gasteiger charge is -2.34. The highest BCUT2D eigenvalue weighted by atomic mass is 32.1. The summed E-state index contributed by atoms with van der Waals surface area (Å²) in [5, 5.41) is 0. The number of aromatic nitrogens is 2. The van der Waals surface area contributed by atoms with Crippen molar-refractivity contribution in [1.29, 1.82) is 0 Å². The largest absolute Gasteiger partial charge is 0.444 e. The minimum Gasteiger partial charge on any atom is -0.444 e. The fraction of sp³-hybridized carbons (Fsp3) is 0.529. The Morgan fingerprint density at radius 3 is 2.52 bits per heavy atom. The third-order valence-corrected chi connectivity index (χ3v) is 4.55. The molecule has 0 unspecified atom stereocenters. The van der Waals surface area contributed by atoms with E-state index in [1.807, 2.05) is 20.8 Å². The Bertz CT molecular complexity index is 861. The summed E-state index contributed by atoms with van der Waals surface area (Å²) < 4.78 is 35.3. The van der Waals surface area contributed by atoms with E-state index in [2.05, 4.69) is 4.98 Å². The molecule has 136 valence electrons. The van der Waals surface area contributed by atoms with E-state index in [1.54, 1.807) is 9.47 Å². The molecule has 5 nitrogen and oxygen atoms in total. The van der Waals surface area contributed by atoms with Gasteiger partial charge < -0.3 is 19.2 Å². The molecule has 0 spiro atoms. The van der Waals surface area contributed by atoms with Crippen molar-refractivity contribution >= 4 is 29.3 Å². The Kier molecular flexibility index (Phi) is 4.57. The molecule has 1 aliphatic rings. The number of aromatic amines is 1. The number of ether oxygens (including phenoxy) is 1. The van der Waals surface area contributed by atoms with Crippen LogP contribution in [0.3, 0.4) is 0 Å². The highest BCUT2D eigenvalue weighted by Crippen LogP contribution is 2.30. The Labute approximate surface area is 149 Å². The summed E-state index contributed by atoms with van der Waals surface area (Å²) in [6.07, 6.45) is 0.832. The number of nitrogens with one attached hydrogen (secondary N) is 1. The molecule has 1 N–H and O–H groups in total. The number of benzene rings is 1. The average molecular weight is 369 g/mol. The van der Waals surface area contributed by atoms with Gasteiger partial charge in [-0.3, -0.25) is 0 Å². The van der Waals surface area contributed by atoms with Gasteiger partial charge in [-0.1, -0.05) is 0 Å².